The number of carboxylic acids is 3. The molecule has 0 aliphatic carbocycles. The smallest absolute Gasteiger partial charge is 0.331 e. The van der Waals surface area contributed by atoms with Gasteiger partial charge < -0.3 is 15.3 Å². The number of allylic oxidation sites excluding steroid dienone is 3. The normalized spacial score (nSPS) is 13.5. The van der Waals surface area contributed by atoms with E-state index in [1.54, 1.807) is 0 Å². The summed E-state index contributed by atoms with van der Waals surface area (Å²) in [5.41, 5.74) is 1.45. The highest BCUT2D eigenvalue weighted by Crippen LogP contribution is 2.27. The Morgan fingerprint density at radius 3 is 1.95 bits per heavy atom. The average molecular weight is 511 g/mol. The van der Waals surface area contributed by atoms with Gasteiger partial charge >= 0.3 is 17.9 Å². The SMILES string of the molecule is C=C(C(=O)O)C(C=Cc1ccccc1)CC(CC)CCCC.C=CCC(C=C(C)C(=O)O)C(=C)C(=O)O. The fourth-order valence-corrected chi connectivity index (χ4v) is 3.65. The summed E-state index contributed by atoms with van der Waals surface area (Å²) in [5.74, 6) is -3.15. The van der Waals surface area contributed by atoms with E-state index in [1.165, 1.54) is 31.9 Å². The molecule has 1 aromatic rings. The summed E-state index contributed by atoms with van der Waals surface area (Å²) in [6.45, 7) is 16.5. The summed E-state index contributed by atoms with van der Waals surface area (Å²) in [5, 5.41) is 26.6. The van der Waals surface area contributed by atoms with Crippen LogP contribution in [0.2, 0.25) is 0 Å². The average Bonchev–Trinajstić information content (AvgIpc) is 2.87. The molecule has 3 unspecified atom stereocenters. The third-order valence-corrected chi connectivity index (χ3v) is 6.10. The zero-order valence-electron chi connectivity index (χ0n) is 22.4. The second-order valence-electron chi connectivity index (χ2n) is 8.97. The van der Waals surface area contributed by atoms with Crippen LogP contribution in [-0.2, 0) is 14.4 Å². The van der Waals surface area contributed by atoms with Gasteiger partial charge in [-0.1, -0.05) is 107 Å². The Hall–Kier alpha value is -3.67. The van der Waals surface area contributed by atoms with Crippen LogP contribution in [0.15, 0.2) is 85.0 Å². The van der Waals surface area contributed by atoms with Crippen LogP contribution in [0.4, 0.5) is 0 Å². The predicted octanol–water partition coefficient (Wildman–Crippen LogP) is 7.41. The lowest BCUT2D eigenvalue weighted by molar-refractivity contribution is -0.134. The molecule has 0 spiro atoms. The molecule has 1 aromatic carbocycles. The number of unbranched alkanes of at least 4 members (excludes halogenated alkanes) is 1. The van der Waals surface area contributed by atoms with Gasteiger partial charge in [-0.25, -0.2) is 14.4 Å². The van der Waals surface area contributed by atoms with Crippen molar-refractivity contribution in [3.8, 4) is 0 Å². The molecule has 0 amide bonds. The molecule has 6 nitrogen and oxygen atoms in total. The molecule has 1 rings (SSSR count). The first-order chi connectivity index (χ1) is 17.5. The molecule has 0 aromatic heterocycles. The molecule has 0 fully saturated rings. The van der Waals surface area contributed by atoms with E-state index in [0.717, 1.165) is 24.8 Å². The quantitative estimate of drug-likeness (QED) is 0.158. The van der Waals surface area contributed by atoms with Gasteiger partial charge in [0.2, 0.25) is 0 Å². The van der Waals surface area contributed by atoms with E-state index in [9.17, 15) is 19.5 Å². The van der Waals surface area contributed by atoms with Gasteiger partial charge in [-0.05, 0) is 31.2 Å². The summed E-state index contributed by atoms with van der Waals surface area (Å²) >= 11 is 0. The van der Waals surface area contributed by atoms with Gasteiger partial charge in [-0.3, -0.25) is 0 Å². The van der Waals surface area contributed by atoms with E-state index in [0.29, 0.717) is 17.9 Å². The van der Waals surface area contributed by atoms with E-state index in [1.807, 2.05) is 42.5 Å². The highest BCUT2D eigenvalue weighted by atomic mass is 16.4. The van der Waals surface area contributed by atoms with Crippen LogP contribution < -0.4 is 0 Å². The molecule has 0 bridgehead atoms. The van der Waals surface area contributed by atoms with Crippen molar-refractivity contribution in [3.63, 3.8) is 0 Å². The second kappa shape index (κ2) is 18.6. The fourth-order valence-electron chi connectivity index (χ4n) is 3.65. The fraction of sp³-hybridized carbons (Fsp3) is 0.387. The first-order valence-electron chi connectivity index (χ1n) is 12.6. The molecule has 3 N–H and O–H groups in total. The van der Waals surface area contributed by atoms with Gasteiger partial charge in [0, 0.05) is 28.6 Å². The number of aliphatic carboxylic acids is 3. The van der Waals surface area contributed by atoms with E-state index in [4.69, 9.17) is 10.2 Å². The first-order valence-corrected chi connectivity index (χ1v) is 12.6. The van der Waals surface area contributed by atoms with E-state index in [2.05, 4.69) is 33.6 Å². The third kappa shape index (κ3) is 13.9. The molecule has 37 heavy (non-hydrogen) atoms. The van der Waals surface area contributed by atoms with Crippen LogP contribution in [0.3, 0.4) is 0 Å². The van der Waals surface area contributed by atoms with Crippen LogP contribution in [0, 0.1) is 17.8 Å². The summed E-state index contributed by atoms with van der Waals surface area (Å²) in [6.07, 6.45) is 12.8. The molecular formula is C31H42O6. The monoisotopic (exact) mass is 510 g/mol. The molecule has 0 radical (unpaired) electrons. The Kier molecular flexibility index (Phi) is 16.7. The van der Waals surface area contributed by atoms with Crippen LogP contribution in [-0.4, -0.2) is 33.2 Å². The Bertz CT molecular complexity index is 971. The van der Waals surface area contributed by atoms with E-state index >= 15 is 0 Å². The maximum absolute atomic E-state index is 11.3. The number of hydrogen-bond acceptors (Lipinski definition) is 3. The van der Waals surface area contributed by atoms with Crippen molar-refractivity contribution in [3.05, 3.63) is 90.6 Å². The molecule has 202 valence electrons. The summed E-state index contributed by atoms with van der Waals surface area (Å²) in [7, 11) is 0. The van der Waals surface area contributed by atoms with Crippen LogP contribution in [0.25, 0.3) is 6.08 Å². The van der Waals surface area contributed by atoms with Crippen LogP contribution in [0.5, 0.6) is 0 Å². The Balaban J connectivity index is 0.000000757. The molecule has 6 heteroatoms. The summed E-state index contributed by atoms with van der Waals surface area (Å²) in [6, 6.07) is 9.98. The minimum Gasteiger partial charge on any atom is -0.478 e. The van der Waals surface area contributed by atoms with E-state index < -0.39 is 23.8 Å². The number of carboxylic acid groups (broad SMARTS) is 3. The zero-order valence-corrected chi connectivity index (χ0v) is 22.4. The maximum atomic E-state index is 11.3. The lowest BCUT2D eigenvalue weighted by Crippen LogP contribution is -2.14. The topological polar surface area (TPSA) is 112 Å². The minimum absolute atomic E-state index is 0.0319. The van der Waals surface area contributed by atoms with Gasteiger partial charge in [0.1, 0.15) is 0 Å². The van der Waals surface area contributed by atoms with E-state index in [-0.39, 0.29) is 17.1 Å². The molecule has 3 atom stereocenters. The predicted molar refractivity (Wildman–Crippen MR) is 150 cm³/mol. The van der Waals surface area contributed by atoms with Gasteiger partial charge in [-0.15, -0.1) is 6.58 Å². The highest BCUT2D eigenvalue weighted by molar-refractivity contribution is 5.89. The highest BCUT2D eigenvalue weighted by Gasteiger charge is 2.20. The lowest BCUT2D eigenvalue weighted by atomic mass is 9.84. The minimum atomic E-state index is -1.13. The zero-order chi connectivity index (χ0) is 28.4. The van der Waals surface area contributed by atoms with Crippen molar-refractivity contribution in [1.29, 1.82) is 0 Å². The molecule has 0 saturated heterocycles. The Morgan fingerprint density at radius 1 is 0.919 bits per heavy atom. The molecule has 0 saturated carbocycles. The standard InChI is InChI=1S/C20H28O2.C11H14O4/c1-4-6-10-17(5-2)15-19(16(3)20(21)22)14-13-18-11-8-7-9-12-18;1-4-5-9(8(3)11(14)15)6-7(2)10(12)13/h7-9,11-14,17,19H,3-6,10,15H2,1-2H3,(H,21,22);4,6,9H,1,3,5H2,2H3,(H,12,13)(H,14,15). The third-order valence-electron chi connectivity index (χ3n) is 6.10. The number of hydrogen-bond donors (Lipinski definition) is 3. The van der Waals surface area contributed by atoms with Crippen molar-refractivity contribution < 1.29 is 29.7 Å². The second-order valence-corrected chi connectivity index (χ2v) is 8.97. The van der Waals surface area contributed by atoms with Crippen molar-refractivity contribution in [2.75, 3.05) is 0 Å². The summed E-state index contributed by atoms with van der Waals surface area (Å²) < 4.78 is 0. The lowest BCUT2D eigenvalue weighted by Gasteiger charge is -2.20. The van der Waals surface area contributed by atoms with Gasteiger partial charge in [0.05, 0.1) is 0 Å². The van der Waals surface area contributed by atoms with Crippen molar-refractivity contribution in [2.45, 2.75) is 59.3 Å². The first kappa shape index (κ1) is 33.3. The molecule has 0 aliphatic rings. The number of rotatable bonds is 16. The Morgan fingerprint density at radius 2 is 1.49 bits per heavy atom. The number of carbonyl (C=O) groups is 3. The van der Waals surface area contributed by atoms with Crippen molar-refractivity contribution in [2.24, 2.45) is 17.8 Å². The van der Waals surface area contributed by atoms with Crippen molar-refractivity contribution >= 4 is 24.0 Å². The molecule has 0 heterocycles. The number of benzene rings is 1. The Labute approximate surface area is 221 Å². The maximum Gasteiger partial charge on any atom is 0.331 e. The van der Waals surface area contributed by atoms with Crippen molar-refractivity contribution in [1.82, 2.24) is 0 Å². The van der Waals surface area contributed by atoms with Gasteiger partial charge in [-0.2, -0.15) is 0 Å². The largest absolute Gasteiger partial charge is 0.478 e. The van der Waals surface area contributed by atoms with Crippen LogP contribution >= 0.6 is 0 Å². The van der Waals surface area contributed by atoms with Gasteiger partial charge in [0.25, 0.3) is 0 Å². The van der Waals surface area contributed by atoms with Gasteiger partial charge in [0.15, 0.2) is 0 Å². The summed E-state index contributed by atoms with van der Waals surface area (Å²) in [4.78, 5) is 32.5. The molecular weight excluding hydrogens is 468 g/mol. The molecule has 0 aliphatic heterocycles. The van der Waals surface area contributed by atoms with Crippen LogP contribution in [0.1, 0.15) is 64.9 Å².